The zero-order valence-electron chi connectivity index (χ0n) is 6.51. The van der Waals surface area contributed by atoms with E-state index in [0.29, 0.717) is 0 Å². The minimum absolute atomic E-state index is 0.915. The molecule has 1 aliphatic rings. The van der Waals surface area contributed by atoms with Crippen LogP contribution in [0, 0.1) is 0 Å². The van der Waals surface area contributed by atoms with Gasteiger partial charge in [-0.2, -0.15) is 0 Å². The van der Waals surface area contributed by atoms with Gasteiger partial charge in [-0.05, 0) is 18.2 Å². The lowest BCUT2D eigenvalue weighted by atomic mass is 10.2. The minimum atomic E-state index is 0.915. The maximum atomic E-state index is 4.19. The van der Waals surface area contributed by atoms with E-state index in [2.05, 4.69) is 9.98 Å². The summed E-state index contributed by atoms with van der Waals surface area (Å²) < 4.78 is 0. The zero-order valence-corrected chi connectivity index (χ0v) is 6.51. The molecule has 1 aromatic heterocycles. The second kappa shape index (κ2) is 3.13. The summed E-state index contributed by atoms with van der Waals surface area (Å²) in [7, 11) is 0. The van der Waals surface area contributed by atoms with Gasteiger partial charge in [-0.3, -0.25) is 0 Å². The van der Waals surface area contributed by atoms with Crippen molar-refractivity contribution < 1.29 is 0 Å². The molecule has 0 spiro atoms. The van der Waals surface area contributed by atoms with Crippen LogP contribution in [-0.2, 0) is 0 Å². The lowest BCUT2D eigenvalue weighted by Crippen LogP contribution is -2.06. The fourth-order valence-electron chi connectivity index (χ4n) is 1.03. The number of hydrogen-bond donors (Lipinski definition) is 0. The summed E-state index contributed by atoms with van der Waals surface area (Å²) in [5.41, 5.74) is 1.83. The second-order valence-electron chi connectivity index (χ2n) is 2.43. The Bertz CT molecular complexity index is 347. The van der Waals surface area contributed by atoms with Crippen LogP contribution < -0.4 is 4.99 Å². The number of aliphatic imine (C=N–C) groups is 1. The molecule has 0 aromatic carbocycles. The van der Waals surface area contributed by atoms with Crippen LogP contribution in [0.3, 0.4) is 0 Å². The van der Waals surface area contributed by atoms with E-state index in [-0.39, 0.29) is 0 Å². The highest BCUT2D eigenvalue weighted by atomic mass is 14.8. The van der Waals surface area contributed by atoms with Crippen LogP contribution in [0.1, 0.15) is 5.69 Å². The van der Waals surface area contributed by atoms with Crippen molar-refractivity contribution in [3.63, 3.8) is 0 Å². The smallest absolute Gasteiger partial charge is 0.250 e. The fraction of sp³-hybridized carbons (Fsp3) is 0. The molecule has 0 saturated heterocycles. The van der Waals surface area contributed by atoms with Crippen molar-refractivity contribution in [3.05, 3.63) is 54.5 Å². The van der Waals surface area contributed by atoms with Crippen LogP contribution in [0.2, 0.25) is 0 Å². The third-order valence-corrected chi connectivity index (χ3v) is 1.59. The molecule has 0 bridgehead atoms. The van der Waals surface area contributed by atoms with Crippen LogP contribution in [0.5, 0.6) is 0 Å². The van der Waals surface area contributed by atoms with Crippen LogP contribution in [0.25, 0.3) is 0 Å². The molecule has 1 radical (unpaired) electrons. The molecule has 0 amide bonds. The third kappa shape index (κ3) is 1.32. The molecule has 0 unspecified atom stereocenters. The molecule has 2 heterocycles. The van der Waals surface area contributed by atoms with Gasteiger partial charge < -0.3 is 0 Å². The van der Waals surface area contributed by atoms with Crippen LogP contribution in [0.15, 0.2) is 48.8 Å². The Balaban J connectivity index is 2.38. The number of pyridine rings is 1. The van der Waals surface area contributed by atoms with E-state index in [9.17, 15) is 0 Å². The second-order valence-corrected chi connectivity index (χ2v) is 2.43. The molecule has 1 aliphatic heterocycles. The van der Waals surface area contributed by atoms with Gasteiger partial charge >= 0.3 is 5.71 Å². The summed E-state index contributed by atoms with van der Waals surface area (Å²) in [6, 6.07) is 5.80. The molecule has 2 rings (SSSR count). The molecule has 1 aromatic rings. The topological polar surface area (TPSA) is 27.0 Å². The molecular weight excluding hydrogens is 148 g/mol. The highest BCUT2D eigenvalue weighted by molar-refractivity contribution is 6.07. The monoisotopic (exact) mass is 156 g/mol. The summed E-state index contributed by atoms with van der Waals surface area (Å²) in [6.07, 6.45) is 9.33. The first kappa shape index (κ1) is 6.98. The number of allylic oxidation sites excluding steroid dienone is 3. The Morgan fingerprint density at radius 3 is 2.83 bits per heavy atom. The van der Waals surface area contributed by atoms with E-state index in [1.54, 1.807) is 12.4 Å². The molecule has 57 valence electrons. The van der Waals surface area contributed by atoms with E-state index >= 15 is 0 Å². The molecule has 2 nitrogen and oxygen atoms in total. The van der Waals surface area contributed by atoms with E-state index in [0.717, 1.165) is 11.4 Å². The highest BCUT2D eigenvalue weighted by Gasteiger charge is 2.11. The largest absolute Gasteiger partial charge is 0.302 e. The Morgan fingerprint density at radius 1 is 1.17 bits per heavy atom. The van der Waals surface area contributed by atoms with Crippen LogP contribution in [-0.4, -0.2) is 10.7 Å². The van der Waals surface area contributed by atoms with Gasteiger partial charge in [0.05, 0.1) is 4.99 Å². The van der Waals surface area contributed by atoms with Crippen LogP contribution >= 0.6 is 0 Å². The van der Waals surface area contributed by atoms with Gasteiger partial charge in [0.2, 0.25) is 6.20 Å². The molecule has 0 aliphatic carbocycles. The van der Waals surface area contributed by atoms with E-state index in [1.165, 1.54) is 0 Å². The van der Waals surface area contributed by atoms with Gasteiger partial charge in [0.25, 0.3) is 0 Å². The van der Waals surface area contributed by atoms with Crippen molar-refractivity contribution in [3.8, 4) is 0 Å². The Morgan fingerprint density at radius 2 is 2.17 bits per heavy atom. The zero-order chi connectivity index (χ0) is 8.23. The van der Waals surface area contributed by atoms with Crippen molar-refractivity contribution in [1.29, 1.82) is 0 Å². The fourth-order valence-corrected chi connectivity index (χ4v) is 1.03. The van der Waals surface area contributed by atoms with E-state index in [4.69, 9.17) is 0 Å². The van der Waals surface area contributed by atoms with Gasteiger partial charge in [-0.25, -0.2) is 4.98 Å². The average Bonchev–Trinajstić information content (AvgIpc) is 2.21. The number of rotatable bonds is 1. The molecule has 0 atom stereocenters. The number of hydrogen-bond acceptors (Lipinski definition) is 2. The molecular formula is C10H8N2+. The predicted octanol–water partition coefficient (Wildman–Crippen LogP) is 1.29. The van der Waals surface area contributed by atoms with Crippen molar-refractivity contribution in [1.82, 2.24) is 9.98 Å². The van der Waals surface area contributed by atoms with E-state index < -0.39 is 0 Å². The Kier molecular flexibility index (Phi) is 1.82. The predicted molar refractivity (Wildman–Crippen MR) is 48.8 cm³/mol. The quantitative estimate of drug-likeness (QED) is 0.602. The summed E-state index contributed by atoms with van der Waals surface area (Å²) >= 11 is 0. The van der Waals surface area contributed by atoms with Gasteiger partial charge in [-0.15, -0.1) is 0 Å². The third-order valence-electron chi connectivity index (χ3n) is 1.59. The lowest BCUT2D eigenvalue weighted by Gasteiger charge is -1.90. The van der Waals surface area contributed by atoms with Crippen molar-refractivity contribution >= 4 is 5.71 Å². The van der Waals surface area contributed by atoms with Crippen molar-refractivity contribution in [2.24, 2.45) is 0 Å². The summed E-state index contributed by atoms with van der Waals surface area (Å²) in [6.45, 7) is 0. The molecule has 12 heavy (non-hydrogen) atoms. The van der Waals surface area contributed by atoms with Crippen LogP contribution in [0.4, 0.5) is 0 Å². The Labute approximate surface area is 71.0 Å². The lowest BCUT2D eigenvalue weighted by molar-refractivity contribution is 1.26. The summed E-state index contributed by atoms with van der Waals surface area (Å²) in [5, 5.41) is 0. The molecule has 2 heteroatoms. The first-order valence-electron chi connectivity index (χ1n) is 3.79. The number of aromatic nitrogens is 1. The van der Waals surface area contributed by atoms with Gasteiger partial charge in [0.15, 0.2) is 0 Å². The molecule has 0 N–H and O–H groups in total. The van der Waals surface area contributed by atoms with Gasteiger partial charge in [0.1, 0.15) is 5.69 Å². The minimum Gasteiger partial charge on any atom is -0.250 e. The van der Waals surface area contributed by atoms with E-state index in [1.807, 2.05) is 36.4 Å². The Hall–Kier alpha value is -1.70. The SMILES string of the molecule is C1=C[N+]=C(c2ccccn2)C=C1. The maximum absolute atomic E-state index is 4.19. The number of nitrogens with zero attached hydrogens (tertiary/aromatic N) is 2. The maximum Gasteiger partial charge on any atom is 0.302 e. The first-order chi connectivity index (χ1) is 5.97. The normalized spacial score (nSPS) is 14.5. The molecule has 0 saturated carbocycles. The van der Waals surface area contributed by atoms with Gasteiger partial charge in [-0.1, -0.05) is 6.07 Å². The van der Waals surface area contributed by atoms with Gasteiger partial charge in [0, 0.05) is 18.3 Å². The first-order valence-corrected chi connectivity index (χ1v) is 3.79. The highest BCUT2D eigenvalue weighted by Crippen LogP contribution is 1.98. The van der Waals surface area contributed by atoms with Crippen molar-refractivity contribution in [2.75, 3.05) is 0 Å². The average molecular weight is 156 g/mol. The molecule has 0 fully saturated rings. The van der Waals surface area contributed by atoms with Crippen molar-refractivity contribution in [2.45, 2.75) is 0 Å². The summed E-state index contributed by atoms with van der Waals surface area (Å²) in [5.74, 6) is 0. The summed E-state index contributed by atoms with van der Waals surface area (Å²) in [4.78, 5) is 8.37. The standard InChI is InChI=1S/C10H8N2/c1-3-7-11-9(5-1)10-6-2-4-8-12-10/h1-8H/q+1.